The molecular formula is C20H20N6O5S3. The molecule has 14 heteroatoms. The molecule has 0 aromatic carbocycles. The molecular weight excluding hydrogens is 500 g/mol. The monoisotopic (exact) mass is 520 g/mol. The number of hydrogen-bond acceptors (Lipinski definition) is 11. The largest absolute Gasteiger partial charge is 0.477 e. The number of aryl methyl sites for hydroxylation is 1. The number of β-lactam (4-membered cyclic amide) rings is 1. The molecule has 2 aromatic heterocycles. The lowest BCUT2D eigenvalue weighted by Gasteiger charge is -2.49. The van der Waals surface area contributed by atoms with Crippen molar-refractivity contribution in [2.45, 2.75) is 25.3 Å². The van der Waals surface area contributed by atoms with Crippen molar-refractivity contribution in [1.82, 2.24) is 20.2 Å². The second-order valence-electron chi connectivity index (χ2n) is 7.10. The van der Waals surface area contributed by atoms with E-state index in [0.29, 0.717) is 11.3 Å². The van der Waals surface area contributed by atoms with Crippen LogP contribution in [0.15, 0.2) is 33.4 Å². The van der Waals surface area contributed by atoms with Gasteiger partial charge < -0.3 is 21.0 Å². The van der Waals surface area contributed by atoms with E-state index in [1.54, 1.807) is 30.0 Å². The summed E-state index contributed by atoms with van der Waals surface area (Å²) in [6.45, 7) is 3.81. The second kappa shape index (κ2) is 9.95. The Bertz CT molecular complexity index is 1230. The minimum absolute atomic E-state index is 0.0897. The Balaban J connectivity index is 1.54. The normalized spacial score (nSPS) is 20.4. The SMILES string of the molecule is CCO/N=C(/C(=O)NC1C(=O)N2C(C(=O)O)=C(/C=C/c3scnc3C)CS[C@H]12)c1csc(N)n1. The molecule has 1 fully saturated rings. The first-order valence-electron chi connectivity index (χ1n) is 10.0. The molecule has 4 rings (SSSR count). The number of aliphatic carboxylic acids is 1. The maximum atomic E-state index is 12.9. The smallest absolute Gasteiger partial charge is 0.352 e. The van der Waals surface area contributed by atoms with Crippen molar-refractivity contribution in [1.29, 1.82) is 0 Å². The van der Waals surface area contributed by atoms with Gasteiger partial charge in [-0.25, -0.2) is 14.8 Å². The first-order chi connectivity index (χ1) is 16.3. The van der Waals surface area contributed by atoms with Gasteiger partial charge in [0.1, 0.15) is 29.4 Å². The van der Waals surface area contributed by atoms with Gasteiger partial charge in [-0.1, -0.05) is 11.2 Å². The Morgan fingerprint density at radius 1 is 1.41 bits per heavy atom. The third-order valence-corrected chi connectivity index (χ3v) is 7.84. The summed E-state index contributed by atoms with van der Waals surface area (Å²) in [4.78, 5) is 53.2. The number of fused-ring (bicyclic) bond motifs is 1. The number of nitrogens with zero attached hydrogens (tertiary/aromatic N) is 4. The first-order valence-corrected chi connectivity index (χ1v) is 12.8. The number of thiazole rings is 2. The number of carboxylic acid groups (broad SMARTS) is 1. The number of hydrogen-bond donors (Lipinski definition) is 3. The topological polar surface area (TPSA) is 160 Å². The Morgan fingerprint density at radius 3 is 2.82 bits per heavy atom. The second-order valence-corrected chi connectivity index (χ2v) is 9.98. The maximum Gasteiger partial charge on any atom is 0.352 e. The molecule has 0 aliphatic carbocycles. The van der Waals surface area contributed by atoms with Gasteiger partial charge in [-0.05, 0) is 25.5 Å². The van der Waals surface area contributed by atoms with Gasteiger partial charge in [0.2, 0.25) is 0 Å². The van der Waals surface area contributed by atoms with Crippen LogP contribution in [0.3, 0.4) is 0 Å². The highest BCUT2D eigenvalue weighted by atomic mass is 32.2. The van der Waals surface area contributed by atoms with E-state index in [9.17, 15) is 19.5 Å². The van der Waals surface area contributed by atoms with Crippen molar-refractivity contribution in [3.05, 3.63) is 44.5 Å². The number of thioether (sulfide) groups is 1. The van der Waals surface area contributed by atoms with Gasteiger partial charge in [0, 0.05) is 16.0 Å². The Morgan fingerprint density at radius 2 is 2.21 bits per heavy atom. The van der Waals surface area contributed by atoms with Crippen molar-refractivity contribution in [3.8, 4) is 0 Å². The van der Waals surface area contributed by atoms with Crippen molar-refractivity contribution < 1.29 is 24.3 Å². The molecule has 0 spiro atoms. The van der Waals surface area contributed by atoms with Crippen molar-refractivity contribution >= 4 is 69.1 Å². The molecule has 0 radical (unpaired) electrons. The number of nitrogens with two attached hydrogens (primary N) is 1. The summed E-state index contributed by atoms with van der Waals surface area (Å²) in [5.74, 6) is -2.03. The molecule has 2 amide bonds. The summed E-state index contributed by atoms with van der Waals surface area (Å²) in [7, 11) is 0. The number of allylic oxidation sites excluding steroid dienone is 1. The van der Waals surface area contributed by atoms with E-state index in [1.165, 1.54) is 28.0 Å². The number of rotatable bonds is 8. The highest BCUT2D eigenvalue weighted by molar-refractivity contribution is 8.00. The molecule has 2 aliphatic rings. The van der Waals surface area contributed by atoms with Crippen LogP contribution in [0.2, 0.25) is 0 Å². The summed E-state index contributed by atoms with van der Waals surface area (Å²) in [6, 6.07) is -0.913. The summed E-state index contributed by atoms with van der Waals surface area (Å²) in [5, 5.41) is 17.5. The Kier molecular flexibility index (Phi) is 7.00. The minimum Gasteiger partial charge on any atom is -0.477 e. The summed E-state index contributed by atoms with van der Waals surface area (Å²) >= 11 is 3.95. The highest BCUT2D eigenvalue weighted by Crippen LogP contribution is 2.41. The minimum atomic E-state index is -1.21. The molecule has 2 aliphatic heterocycles. The molecule has 2 atom stereocenters. The fraction of sp³-hybridized carbons (Fsp3) is 0.300. The summed E-state index contributed by atoms with van der Waals surface area (Å²) < 4.78 is 0. The first kappa shape index (κ1) is 23.9. The van der Waals surface area contributed by atoms with E-state index in [2.05, 4.69) is 20.4 Å². The van der Waals surface area contributed by atoms with E-state index in [-0.39, 0.29) is 28.8 Å². The number of aromatic nitrogens is 2. The number of oxime groups is 1. The quantitative estimate of drug-likeness (QED) is 0.267. The van der Waals surface area contributed by atoms with Gasteiger partial charge in [0.25, 0.3) is 11.8 Å². The third kappa shape index (κ3) is 4.56. The van der Waals surface area contributed by atoms with Gasteiger partial charge in [-0.3, -0.25) is 14.5 Å². The predicted molar refractivity (Wildman–Crippen MR) is 130 cm³/mol. The number of anilines is 1. The van der Waals surface area contributed by atoms with E-state index < -0.39 is 29.2 Å². The Hall–Kier alpha value is -3.23. The molecule has 0 saturated carbocycles. The zero-order chi connectivity index (χ0) is 24.4. The number of carbonyl (C=O) groups excluding carboxylic acids is 2. The molecule has 34 heavy (non-hydrogen) atoms. The van der Waals surface area contributed by atoms with Gasteiger partial charge in [0.15, 0.2) is 10.8 Å². The molecule has 4 heterocycles. The van der Waals surface area contributed by atoms with Crippen LogP contribution >= 0.6 is 34.4 Å². The Labute approximate surface area is 206 Å². The van der Waals surface area contributed by atoms with E-state index in [4.69, 9.17) is 10.6 Å². The van der Waals surface area contributed by atoms with Gasteiger partial charge in [-0.15, -0.1) is 34.4 Å². The lowest BCUT2D eigenvalue weighted by Crippen LogP contribution is -2.71. The lowest BCUT2D eigenvalue weighted by atomic mass is 10.0. The molecule has 178 valence electrons. The van der Waals surface area contributed by atoms with Gasteiger partial charge in [0.05, 0.1) is 11.2 Å². The van der Waals surface area contributed by atoms with E-state index in [0.717, 1.165) is 21.9 Å². The number of carboxylic acids is 1. The molecule has 11 nitrogen and oxygen atoms in total. The standard InChI is InChI=1S/C20H20N6O5S3/c1-3-31-25-13(11-7-33-20(21)23-11)16(27)24-14-17(28)26-15(19(29)30)10(6-32-18(14)26)4-5-12-9(2)22-8-34-12/h4-5,7-8,14,18H,3,6H2,1-2H3,(H2,21,23)(H,24,27)(H,29,30)/b5-4+,25-13+/t14?,18-/m1/s1. The van der Waals surface area contributed by atoms with Crippen molar-refractivity contribution in [2.75, 3.05) is 18.1 Å². The van der Waals surface area contributed by atoms with Crippen LogP contribution in [0.5, 0.6) is 0 Å². The molecule has 4 N–H and O–H groups in total. The average molecular weight is 521 g/mol. The summed E-state index contributed by atoms with van der Waals surface area (Å²) in [6.07, 6.45) is 3.50. The lowest BCUT2D eigenvalue weighted by molar-refractivity contribution is -0.150. The van der Waals surface area contributed by atoms with Crippen molar-refractivity contribution in [2.24, 2.45) is 5.16 Å². The van der Waals surface area contributed by atoms with Gasteiger partial charge in [-0.2, -0.15) is 0 Å². The number of nitrogens with one attached hydrogen (secondary N) is 1. The van der Waals surface area contributed by atoms with E-state index in [1.807, 2.05) is 6.92 Å². The average Bonchev–Trinajstić information content (AvgIpc) is 3.43. The molecule has 0 bridgehead atoms. The van der Waals surface area contributed by atoms with E-state index >= 15 is 0 Å². The van der Waals surface area contributed by atoms with Crippen LogP contribution in [0.1, 0.15) is 23.2 Å². The molecule has 2 aromatic rings. The predicted octanol–water partition coefficient (Wildman–Crippen LogP) is 1.68. The number of nitrogen functional groups attached to an aromatic ring is 1. The van der Waals surface area contributed by atoms with Crippen LogP contribution in [0, 0.1) is 6.92 Å². The third-order valence-electron chi connectivity index (χ3n) is 4.97. The van der Waals surface area contributed by atoms with Crippen molar-refractivity contribution in [3.63, 3.8) is 0 Å². The zero-order valence-electron chi connectivity index (χ0n) is 18.0. The van der Waals surface area contributed by atoms with Gasteiger partial charge >= 0.3 is 5.97 Å². The van der Waals surface area contributed by atoms with Crippen LogP contribution in [-0.4, -0.2) is 67.2 Å². The van der Waals surface area contributed by atoms with Crippen LogP contribution < -0.4 is 11.1 Å². The fourth-order valence-electron chi connectivity index (χ4n) is 3.36. The maximum absolute atomic E-state index is 12.9. The van der Waals surface area contributed by atoms with Crippen LogP contribution in [-0.2, 0) is 19.2 Å². The van der Waals surface area contributed by atoms with Crippen LogP contribution in [0.25, 0.3) is 6.08 Å². The number of carbonyl (C=O) groups is 3. The molecule has 1 unspecified atom stereocenters. The highest BCUT2D eigenvalue weighted by Gasteiger charge is 2.54. The summed E-state index contributed by atoms with van der Waals surface area (Å²) in [5.41, 5.74) is 8.75. The molecule has 1 saturated heterocycles. The fourth-order valence-corrected chi connectivity index (χ4v) is 5.92. The zero-order valence-corrected chi connectivity index (χ0v) is 20.5. The number of amides is 2. The van der Waals surface area contributed by atoms with Crippen LogP contribution in [0.4, 0.5) is 5.13 Å².